The number of ether oxygens (including phenoxy) is 2. The molecule has 1 aliphatic heterocycles. The van der Waals surface area contributed by atoms with Crippen molar-refractivity contribution in [2.45, 2.75) is 51.8 Å². The van der Waals surface area contributed by atoms with Crippen molar-refractivity contribution < 1.29 is 23.9 Å². The molecule has 0 radical (unpaired) electrons. The van der Waals surface area contributed by atoms with Gasteiger partial charge in [0, 0.05) is 48.9 Å². The minimum absolute atomic E-state index is 0.0795. The Kier molecular flexibility index (Phi) is 7.41. The second-order valence-corrected chi connectivity index (χ2v) is 9.15. The highest BCUT2D eigenvalue weighted by atomic mass is 35.5. The Morgan fingerprint density at radius 2 is 2.09 bits per heavy atom. The van der Waals surface area contributed by atoms with Gasteiger partial charge in [0.05, 0.1) is 13.5 Å². The van der Waals surface area contributed by atoms with E-state index in [2.05, 4.69) is 15.2 Å². The number of nitrogens with one attached hydrogen (secondary N) is 1. The molecule has 34 heavy (non-hydrogen) atoms. The van der Waals surface area contributed by atoms with Crippen LogP contribution in [0.3, 0.4) is 0 Å². The molecule has 1 aromatic heterocycles. The molecule has 1 aliphatic carbocycles. The highest BCUT2D eigenvalue weighted by Gasteiger charge is 2.33. The topological polar surface area (TPSA) is 103 Å². The SMILES string of the molecule is COC(=O)CCNC(=O)c1nn(CC2CC2)c2c1CN(C(=O)C(C)Oc1cccc(Cl)c1)CC2. The van der Waals surface area contributed by atoms with Crippen LogP contribution in [0, 0.1) is 5.92 Å². The maximum atomic E-state index is 13.1. The van der Waals surface area contributed by atoms with Gasteiger partial charge < -0.3 is 19.7 Å². The van der Waals surface area contributed by atoms with E-state index >= 15 is 0 Å². The third-order valence-corrected chi connectivity index (χ3v) is 6.32. The van der Waals surface area contributed by atoms with Crippen LogP contribution >= 0.6 is 11.6 Å². The second-order valence-electron chi connectivity index (χ2n) is 8.71. The third kappa shape index (κ3) is 5.70. The zero-order valence-corrected chi connectivity index (χ0v) is 20.1. The number of hydrogen-bond donors (Lipinski definition) is 1. The lowest BCUT2D eigenvalue weighted by Crippen LogP contribution is -2.43. The number of fused-ring (bicyclic) bond motifs is 1. The summed E-state index contributed by atoms with van der Waals surface area (Å²) in [5.41, 5.74) is 2.06. The number of nitrogens with zero attached hydrogens (tertiary/aromatic N) is 3. The first-order valence-corrected chi connectivity index (χ1v) is 11.9. The molecule has 1 saturated carbocycles. The summed E-state index contributed by atoms with van der Waals surface area (Å²) in [5, 5.41) is 7.89. The van der Waals surface area contributed by atoms with E-state index in [4.69, 9.17) is 16.3 Å². The zero-order chi connectivity index (χ0) is 24.2. The van der Waals surface area contributed by atoms with Crippen molar-refractivity contribution in [1.29, 1.82) is 0 Å². The molecule has 0 bridgehead atoms. The van der Waals surface area contributed by atoms with Crippen LogP contribution in [0.15, 0.2) is 24.3 Å². The Balaban J connectivity index is 1.48. The monoisotopic (exact) mass is 488 g/mol. The van der Waals surface area contributed by atoms with Crippen LogP contribution in [0.25, 0.3) is 0 Å². The molecule has 2 aromatic rings. The summed E-state index contributed by atoms with van der Waals surface area (Å²) in [6.07, 6.45) is 2.31. The van der Waals surface area contributed by atoms with Gasteiger partial charge in [-0.2, -0.15) is 5.10 Å². The normalized spacial score (nSPS) is 15.9. The lowest BCUT2D eigenvalue weighted by Gasteiger charge is -2.30. The number of amides is 2. The summed E-state index contributed by atoms with van der Waals surface area (Å²) in [5.74, 6) is 0.191. The predicted octanol–water partition coefficient (Wildman–Crippen LogP) is 2.59. The molecule has 9 nitrogen and oxygen atoms in total. The van der Waals surface area contributed by atoms with Crippen LogP contribution < -0.4 is 10.1 Å². The van der Waals surface area contributed by atoms with Crippen molar-refractivity contribution in [3.8, 4) is 5.75 Å². The van der Waals surface area contributed by atoms with Crippen LogP contribution in [-0.2, 0) is 33.8 Å². The maximum absolute atomic E-state index is 13.1. The summed E-state index contributed by atoms with van der Waals surface area (Å²) in [4.78, 5) is 39.1. The molecule has 10 heteroatoms. The average Bonchev–Trinajstić information content (AvgIpc) is 3.57. The molecule has 1 unspecified atom stereocenters. The molecule has 1 N–H and O–H groups in total. The van der Waals surface area contributed by atoms with Crippen molar-refractivity contribution in [2.75, 3.05) is 20.2 Å². The van der Waals surface area contributed by atoms with Crippen LogP contribution in [-0.4, -0.2) is 58.8 Å². The molecule has 2 amide bonds. The minimum atomic E-state index is -0.709. The van der Waals surface area contributed by atoms with Crippen molar-refractivity contribution >= 4 is 29.4 Å². The Morgan fingerprint density at radius 3 is 2.79 bits per heavy atom. The van der Waals surface area contributed by atoms with E-state index < -0.39 is 12.1 Å². The molecular formula is C24H29ClN4O5. The number of carbonyl (C=O) groups excluding carboxylic acids is 3. The van der Waals surface area contributed by atoms with Crippen LogP contribution in [0.2, 0.25) is 5.02 Å². The van der Waals surface area contributed by atoms with E-state index in [9.17, 15) is 14.4 Å². The number of methoxy groups -OCH3 is 1. The average molecular weight is 489 g/mol. The predicted molar refractivity (Wildman–Crippen MR) is 125 cm³/mol. The van der Waals surface area contributed by atoms with Gasteiger partial charge in [0.1, 0.15) is 5.75 Å². The van der Waals surface area contributed by atoms with Crippen LogP contribution in [0.4, 0.5) is 0 Å². The van der Waals surface area contributed by atoms with Crippen molar-refractivity contribution in [2.24, 2.45) is 5.92 Å². The molecule has 1 atom stereocenters. The van der Waals surface area contributed by atoms with Crippen molar-refractivity contribution in [3.63, 3.8) is 0 Å². The molecular weight excluding hydrogens is 460 g/mol. The molecule has 1 fully saturated rings. The van der Waals surface area contributed by atoms with Crippen LogP contribution in [0.1, 0.15) is 47.9 Å². The van der Waals surface area contributed by atoms with Crippen LogP contribution in [0.5, 0.6) is 5.75 Å². The molecule has 4 rings (SSSR count). The summed E-state index contributed by atoms with van der Waals surface area (Å²) in [7, 11) is 1.31. The van der Waals surface area contributed by atoms with Gasteiger partial charge in [0.2, 0.25) is 0 Å². The van der Waals surface area contributed by atoms with E-state index in [0.717, 1.165) is 30.6 Å². The number of rotatable bonds is 9. The van der Waals surface area contributed by atoms with E-state index in [1.165, 1.54) is 7.11 Å². The molecule has 0 saturated heterocycles. The van der Waals surface area contributed by atoms with Crippen molar-refractivity contribution in [3.05, 3.63) is 46.2 Å². The maximum Gasteiger partial charge on any atom is 0.307 e. The van der Waals surface area contributed by atoms with E-state index in [-0.39, 0.29) is 31.3 Å². The fourth-order valence-corrected chi connectivity index (χ4v) is 4.25. The Morgan fingerprint density at radius 1 is 1.29 bits per heavy atom. The first-order chi connectivity index (χ1) is 16.4. The Labute approximate surface area is 203 Å². The fourth-order valence-electron chi connectivity index (χ4n) is 4.07. The second kappa shape index (κ2) is 10.5. The standard InChI is InChI=1S/C24H29ClN4O5/c1-15(34-18-5-3-4-17(25)12-18)24(32)28-11-9-20-19(14-28)22(27-29(20)13-16-6-7-16)23(31)26-10-8-21(30)33-2/h3-5,12,15-16H,6-11,13-14H2,1-2H3,(H,26,31). The minimum Gasteiger partial charge on any atom is -0.481 e. The summed E-state index contributed by atoms with van der Waals surface area (Å²) >= 11 is 6.02. The molecule has 2 aliphatic rings. The van der Waals surface area contributed by atoms with Gasteiger partial charge in [-0.05, 0) is 43.9 Å². The molecule has 0 spiro atoms. The quantitative estimate of drug-likeness (QED) is 0.544. The van der Waals surface area contributed by atoms with Crippen molar-refractivity contribution in [1.82, 2.24) is 20.0 Å². The van der Waals surface area contributed by atoms with Gasteiger partial charge in [0.15, 0.2) is 11.8 Å². The lowest BCUT2D eigenvalue weighted by atomic mass is 10.0. The van der Waals surface area contributed by atoms with Gasteiger partial charge in [-0.1, -0.05) is 17.7 Å². The van der Waals surface area contributed by atoms with E-state index in [1.807, 2.05) is 4.68 Å². The number of carbonyl (C=O) groups is 3. The Hall–Kier alpha value is -3.07. The Bertz CT molecular complexity index is 1080. The van der Waals surface area contributed by atoms with E-state index in [1.54, 1.807) is 36.1 Å². The fraction of sp³-hybridized carbons (Fsp3) is 0.500. The summed E-state index contributed by atoms with van der Waals surface area (Å²) in [6, 6.07) is 6.92. The largest absolute Gasteiger partial charge is 0.481 e. The first kappa shape index (κ1) is 24.1. The zero-order valence-electron chi connectivity index (χ0n) is 19.4. The number of esters is 1. The number of benzene rings is 1. The summed E-state index contributed by atoms with van der Waals surface area (Å²) in [6.45, 7) is 3.44. The highest BCUT2D eigenvalue weighted by Crippen LogP contribution is 2.33. The summed E-state index contributed by atoms with van der Waals surface area (Å²) < 4.78 is 12.4. The van der Waals surface area contributed by atoms with Gasteiger partial charge in [-0.15, -0.1) is 0 Å². The molecule has 2 heterocycles. The van der Waals surface area contributed by atoms with E-state index in [0.29, 0.717) is 35.3 Å². The van der Waals surface area contributed by atoms with Gasteiger partial charge in [0.25, 0.3) is 11.8 Å². The number of hydrogen-bond acceptors (Lipinski definition) is 6. The smallest absolute Gasteiger partial charge is 0.307 e. The van der Waals surface area contributed by atoms with Gasteiger partial charge >= 0.3 is 5.97 Å². The lowest BCUT2D eigenvalue weighted by molar-refractivity contribution is -0.140. The third-order valence-electron chi connectivity index (χ3n) is 6.09. The number of aromatic nitrogens is 2. The first-order valence-electron chi connectivity index (χ1n) is 11.5. The van der Waals surface area contributed by atoms with Gasteiger partial charge in [-0.3, -0.25) is 19.1 Å². The molecule has 1 aromatic carbocycles. The highest BCUT2D eigenvalue weighted by molar-refractivity contribution is 6.30. The molecule has 182 valence electrons. The number of halogens is 1. The van der Waals surface area contributed by atoms with Gasteiger partial charge in [-0.25, -0.2) is 0 Å².